The van der Waals surface area contributed by atoms with Crippen molar-refractivity contribution in [3.05, 3.63) is 76.2 Å². The highest BCUT2D eigenvalue weighted by molar-refractivity contribution is 7.87. The Labute approximate surface area is 137 Å². The van der Waals surface area contributed by atoms with Crippen molar-refractivity contribution in [1.82, 2.24) is 0 Å². The topological polar surface area (TPSA) is 109 Å². The summed E-state index contributed by atoms with van der Waals surface area (Å²) in [6.45, 7) is 0. The Morgan fingerprint density at radius 2 is 1.83 bits per heavy atom. The van der Waals surface area contributed by atoms with E-state index in [4.69, 9.17) is 9.71 Å². The summed E-state index contributed by atoms with van der Waals surface area (Å²) in [5, 5.41) is 3.39. The van der Waals surface area contributed by atoms with Crippen LogP contribution in [0.25, 0.3) is 16.5 Å². The minimum atomic E-state index is -4.11. The molecule has 1 unspecified atom stereocenters. The highest BCUT2D eigenvalue weighted by atomic mass is 32.2. The summed E-state index contributed by atoms with van der Waals surface area (Å²) in [6.07, 6.45) is 2.82. The Bertz CT molecular complexity index is 978. The molecule has 0 aromatic heterocycles. The standard InChI is InChI=1S/C16H11N3O4S/c17-19-18-14-10-9-12-13(16(14)20)7-4-8-15(12)24(21,22)23-11-5-2-1-3-6-11/h1-10,14H. The predicted octanol–water partition coefficient (Wildman–Crippen LogP) is 3.34. The van der Waals surface area contributed by atoms with Crippen molar-refractivity contribution in [1.29, 1.82) is 0 Å². The quantitative estimate of drug-likeness (QED) is 0.367. The number of nitrogens with zero attached hydrogens (tertiary/aromatic N) is 3. The number of fused-ring (bicyclic) bond motifs is 1. The van der Waals surface area contributed by atoms with Crippen LogP contribution in [-0.2, 0) is 10.1 Å². The van der Waals surface area contributed by atoms with Crippen LogP contribution < -0.4 is 4.18 Å². The maximum atomic E-state index is 12.5. The first kappa shape index (κ1) is 15.8. The molecule has 3 rings (SSSR count). The van der Waals surface area contributed by atoms with Gasteiger partial charge in [0.05, 0.1) is 0 Å². The third-order valence-corrected chi connectivity index (χ3v) is 4.75. The zero-order valence-electron chi connectivity index (χ0n) is 12.2. The minimum absolute atomic E-state index is 0.118. The van der Waals surface area contributed by atoms with Gasteiger partial charge in [-0.15, -0.1) is 0 Å². The molecule has 1 atom stereocenters. The van der Waals surface area contributed by atoms with E-state index in [1.54, 1.807) is 18.2 Å². The van der Waals surface area contributed by atoms with Gasteiger partial charge < -0.3 is 4.18 Å². The van der Waals surface area contributed by atoms with Gasteiger partial charge in [0.1, 0.15) is 16.7 Å². The van der Waals surface area contributed by atoms with Gasteiger partial charge >= 0.3 is 10.1 Å². The summed E-state index contributed by atoms with van der Waals surface area (Å²) in [5.41, 5.74) is 8.89. The number of rotatable bonds is 4. The number of hydrogen-bond acceptors (Lipinski definition) is 5. The second kappa shape index (κ2) is 6.19. The summed E-state index contributed by atoms with van der Waals surface area (Å²) in [7, 11) is -4.11. The minimum Gasteiger partial charge on any atom is -0.379 e. The van der Waals surface area contributed by atoms with E-state index in [0.717, 1.165) is 0 Å². The molecule has 24 heavy (non-hydrogen) atoms. The van der Waals surface area contributed by atoms with E-state index < -0.39 is 21.9 Å². The normalized spacial score (nSPS) is 16.2. The molecule has 0 saturated heterocycles. The average molecular weight is 341 g/mol. The van der Waals surface area contributed by atoms with E-state index in [9.17, 15) is 13.2 Å². The van der Waals surface area contributed by atoms with Crippen LogP contribution in [0.4, 0.5) is 0 Å². The second-order valence-corrected chi connectivity index (χ2v) is 6.46. The predicted molar refractivity (Wildman–Crippen MR) is 87.0 cm³/mol. The molecular weight excluding hydrogens is 330 g/mol. The molecule has 0 amide bonds. The van der Waals surface area contributed by atoms with Crippen molar-refractivity contribution in [3.63, 3.8) is 0 Å². The molecule has 0 bridgehead atoms. The maximum absolute atomic E-state index is 12.5. The van der Waals surface area contributed by atoms with Gasteiger partial charge in [-0.2, -0.15) is 8.42 Å². The average Bonchev–Trinajstić information content (AvgIpc) is 2.58. The number of para-hydroxylation sites is 1. The van der Waals surface area contributed by atoms with Gasteiger partial charge in [-0.3, -0.25) is 4.79 Å². The fraction of sp³-hybridized carbons (Fsp3) is 0.0625. The monoisotopic (exact) mass is 341 g/mol. The van der Waals surface area contributed by atoms with Crippen LogP contribution in [0.5, 0.6) is 5.75 Å². The largest absolute Gasteiger partial charge is 0.379 e. The lowest BCUT2D eigenvalue weighted by Gasteiger charge is -2.17. The number of ketones is 1. The summed E-state index contributed by atoms with van der Waals surface area (Å²) in [6, 6.07) is 11.4. The Balaban J connectivity index is 2.05. The molecule has 0 fully saturated rings. The molecule has 120 valence electrons. The van der Waals surface area contributed by atoms with E-state index in [2.05, 4.69) is 10.0 Å². The molecule has 1 aliphatic rings. The third kappa shape index (κ3) is 2.88. The van der Waals surface area contributed by atoms with Crippen LogP contribution in [0.2, 0.25) is 0 Å². The first-order valence-electron chi connectivity index (χ1n) is 6.92. The molecule has 7 nitrogen and oxygen atoms in total. The van der Waals surface area contributed by atoms with Gasteiger partial charge in [-0.25, -0.2) is 0 Å². The van der Waals surface area contributed by atoms with E-state index in [-0.39, 0.29) is 21.8 Å². The first-order valence-corrected chi connectivity index (χ1v) is 8.33. The van der Waals surface area contributed by atoms with Crippen LogP contribution in [0.15, 0.2) is 64.6 Å². The van der Waals surface area contributed by atoms with Crippen LogP contribution in [0, 0.1) is 0 Å². The SMILES string of the molecule is [N-]=[N+]=NC1C=Cc2c(cccc2S(=O)(=O)Oc2ccccc2)C1=O. The smallest absolute Gasteiger partial charge is 0.339 e. The van der Waals surface area contributed by atoms with Crippen molar-refractivity contribution in [3.8, 4) is 5.75 Å². The van der Waals surface area contributed by atoms with Crippen molar-refractivity contribution >= 4 is 22.0 Å². The number of Topliss-reactive ketones (excluding diaryl/α,β-unsaturated/α-hetero) is 1. The number of azide groups is 1. The fourth-order valence-corrected chi connectivity index (χ4v) is 3.52. The number of benzene rings is 2. The lowest BCUT2D eigenvalue weighted by molar-refractivity contribution is 0.0976. The zero-order chi connectivity index (χ0) is 17.2. The van der Waals surface area contributed by atoms with Crippen LogP contribution in [0.3, 0.4) is 0 Å². The summed E-state index contributed by atoms with van der Waals surface area (Å²) < 4.78 is 30.2. The number of carbonyl (C=O) groups is 1. The highest BCUT2D eigenvalue weighted by Gasteiger charge is 2.29. The highest BCUT2D eigenvalue weighted by Crippen LogP contribution is 2.29. The maximum Gasteiger partial charge on any atom is 0.339 e. The second-order valence-electron chi connectivity index (χ2n) is 4.94. The molecule has 0 aliphatic heterocycles. The Hall–Kier alpha value is -3.09. The van der Waals surface area contributed by atoms with Crippen molar-refractivity contribution < 1.29 is 17.4 Å². The van der Waals surface area contributed by atoms with Crippen LogP contribution >= 0.6 is 0 Å². The Kier molecular flexibility index (Phi) is 4.07. The first-order chi connectivity index (χ1) is 11.5. The van der Waals surface area contributed by atoms with E-state index in [0.29, 0.717) is 0 Å². The van der Waals surface area contributed by atoms with Gasteiger partial charge in [0.25, 0.3) is 0 Å². The summed E-state index contributed by atoms with van der Waals surface area (Å²) >= 11 is 0. The Morgan fingerprint density at radius 3 is 2.54 bits per heavy atom. The molecule has 2 aromatic carbocycles. The molecular formula is C16H11N3O4S. The van der Waals surface area contributed by atoms with Gasteiger partial charge in [-0.1, -0.05) is 47.6 Å². The van der Waals surface area contributed by atoms with Crippen molar-refractivity contribution in [2.24, 2.45) is 5.11 Å². The van der Waals surface area contributed by atoms with Crippen molar-refractivity contribution in [2.45, 2.75) is 10.9 Å². The molecule has 8 heteroatoms. The number of carbonyl (C=O) groups excluding carboxylic acids is 1. The van der Waals surface area contributed by atoms with Gasteiger partial charge in [-0.05, 0) is 23.7 Å². The lowest BCUT2D eigenvalue weighted by atomic mass is 9.93. The molecule has 0 heterocycles. The van der Waals surface area contributed by atoms with Gasteiger partial charge in [0, 0.05) is 16.0 Å². The molecule has 0 saturated carbocycles. The van der Waals surface area contributed by atoms with Gasteiger partial charge in [0.15, 0.2) is 5.78 Å². The lowest BCUT2D eigenvalue weighted by Crippen LogP contribution is -2.22. The van der Waals surface area contributed by atoms with Gasteiger partial charge in [0.2, 0.25) is 0 Å². The molecule has 0 radical (unpaired) electrons. The van der Waals surface area contributed by atoms with E-state index in [1.807, 2.05) is 0 Å². The zero-order valence-corrected chi connectivity index (χ0v) is 13.1. The Morgan fingerprint density at radius 1 is 1.08 bits per heavy atom. The van der Waals surface area contributed by atoms with E-state index in [1.165, 1.54) is 42.5 Å². The molecule has 2 aromatic rings. The summed E-state index contributed by atoms with van der Waals surface area (Å²) in [4.78, 5) is 14.8. The fourth-order valence-electron chi connectivity index (χ4n) is 2.38. The van der Waals surface area contributed by atoms with Crippen molar-refractivity contribution in [2.75, 3.05) is 0 Å². The molecule has 0 N–H and O–H groups in total. The summed E-state index contributed by atoms with van der Waals surface area (Å²) in [5.74, 6) is -0.282. The van der Waals surface area contributed by atoms with E-state index >= 15 is 0 Å². The van der Waals surface area contributed by atoms with Crippen LogP contribution in [-0.4, -0.2) is 20.2 Å². The molecule has 1 aliphatic carbocycles. The van der Waals surface area contributed by atoms with Crippen LogP contribution in [0.1, 0.15) is 15.9 Å². The molecule has 0 spiro atoms. The number of hydrogen-bond donors (Lipinski definition) is 0. The third-order valence-electron chi connectivity index (χ3n) is 3.44.